The molecule has 134 valence electrons. The quantitative estimate of drug-likeness (QED) is 0.439. The molecule has 0 saturated heterocycles. The summed E-state index contributed by atoms with van der Waals surface area (Å²) in [5, 5.41) is 14.6. The lowest BCUT2D eigenvalue weighted by Crippen LogP contribution is -2.14. The average molecular weight is 377 g/mol. The van der Waals surface area contributed by atoms with Gasteiger partial charge in [-0.05, 0) is 55.0 Å². The standard InChI is InChI=1S/C21H17ClN4O/c1-13-9-14-12-23-26-20(14)17(10-13)21(27)25-19-11-15(22)7-8-18(19)24-16-5-3-2-4-6-16/h2-12,24H,1H3,(H,23,26)(H,25,27). The maximum atomic E-state index is 13.0. The largest absolute Gasteiger partial charge is 0.354 e. The van der Waals surface area contributed by atoms with Gasteiger partial charge in [0.15, 0.2) is 0 Å². The Morgan fingerprint density at radius 1 is 1.04 bits per heavy atom. The van der Waals surface area contributed by atoms with Crippen LogP contribution >= 0.6 is 11.6 Å². The lowest BCUT2D eigenvalue weighted by molar-refractivity contribution is 0.102. The highest BCUT2D eigenvalue weighted by Crippen LogP contribution is 2.30. The SMILES string of the molecule is Cc1cc(C(=O)Nc2cc(Cl)ccc2Nc2ccccc2)c2[nH]ncc2c1. The Labute approximate surface area is 161 Å². The molecular formula is C21H17ClN4O. The van der Waals surface area contributed by atoms with Crippen molar-refractivity contribution in [2.75, 3.05) is 10.6 Å². The Bertz CT molecular complexity index is 1120. The van der Waals surface area contributed by atoms with Gasteiger partial charge in [-0.15, -0.1) is 0 Å². The fourth-order valence-corrected chi connectivity index (χ4v) is 3.15. The van der Waals surface area contributed by atoms with Crippen LogP contribution in [0.3, 0.4) is 0 Å². The summed E-state index contributed by atoms with van der Waals surface area (Å²) in [4.78, 5) is 13.0. The van der Waals surface area contributed by atoms with E-state index >= 15 is 0 Å². The maximum absolute atomic E-state index is 13.0. The fraction of sp³-hybridized carbons (Fsp3) is 0.0476. The summed E-state index contributed by atoms with van der Waals surface area (Å²) in [6.45, 7) is 1.95. The van der Waals surface area contributed by atoms with E-state index in [4.69, 9.17) is 11.6 Å². The number of aromatic nitrogens is 2. The number of halogens is 1. The number of para-hydroxylation sites is 1. The first kappa shape index (κ1) is 17.1. The number of carbonyl (C=O) groups is 1. The minimum Gasteiger partial charge on any atom is -0.354 e. The molecule has 5 nitrogen and oxygen atoms in total. The van der Waals surface area contributed by atoms with Crippen LogP contribution in [0.4, 0.5) is 17.1 Å². The number of rotatable bonds is 4. The Morgan fingerprint density at radius 2 is 1.85 bits per heavy atom. The Kier molecular flexibility index (Phi) is 4.52. The van der Waals surface area contributed by atoms with E-state index in [-0.39, 0.29) is 5.91 Å². The van der Waals surface area contributed by atoms with Gasteiger partial charge < -0.3 is 10.6 Å². The molecule has 0 atom stereocenters. The number of benzene rings is 3. The number of anilines is 3. The topological polar surface area (TPSA) is 69.8 Å². The molecule has 0 fully saturated rings. The summed E-state index contributed by atoms with van der Waals surface area (Å²) in [7, 11) is 0. The third-order valence-electron chi connectivity index (χ3n) is 4.22. The molecule has 1 heterocycles. The molecule has 4 aromatic rings. The summed E-state index contributed by atoms with van der Waals surface area (Å²) in [5.74, 6) is -0.230. The van der Waals surface area contributed by atoms with Crippen LogP contribution in [0.25, 0.3) is 10.9 Å². The van der Waals surface area contributed by atoms with E-state index in [1.54, 1.807) is 18.3 Å². The molecule has 27 heavy (non-hydrogen) atoms. The van der Waals surface area contributed by atoms with Gasteiger partial charge in [0.25, 0.3) is 5.91 Å². The third-order valence-corrected chi connectivity index (χ3v) is 4.46. The number of hydrogen-bond acceptors (Lipinski definition) is 3. The highest BCUT2D eigenvalue weighted by Gasteiger charge is 2.15. The number of aromatic amines is 1. The van der Waals surface area contributed by atoms with Crippen molar-refractivity contribution in [3.63, 3.8) is 0 Å². The van der Waals surface area contributed by atoms with Gasteiger partial charge in [-0.3, -0.25) is 9.89 Å². The van der Waals surface area contributed by atoms with Crippen molar-refractivity contribution >= 4 is 45.5 Å². The second kappa shape index (κ2) is 7.13. The molecule has 4 rings (SSSR count). The average Bonchev–Trinajstić information content (AvgIpc) is 3.12. The van der Waals surface area contributed by atoms with Crippen LogP contribution in [-0.2, 0) is 0 Å². The number of carbonyl (C=O) groups excluding carboxylic acids is 1. The lowest BCUT2D eigenvalue weighted by Gasteiger charge is -2.14. The Balaban J connectivity index is 1.68. The number of H-pyrrole nitrogens is 1. The third kappa shape index (κ3) is 3.64. The molecule has 0 spiro atoms. The second-order valence-corrected chi connectivity index (χ2v) is 6.72. The first-order chi connectivity index (χ1) is 13.1. The van der Waals surface area contributed by atoms with Crippen LogP contribution in [0, 0.1) is 6.92 Å². The molecule has 0 aliphatic rings. The molecule has 0 unspecified atom stereocenters. The number of hydrogen-bond donors (Lipinski definition) is 3. The summed E-state index contributed by atoms with van der Waals surface area (Å²) in [5.41, 5.74) is 4.51. The van der Waals surface area contributed by atoms with Gasteiger partial charge in [0, 0.05) is 16.1 Å². The molecular weight excluding hydrogens is 360 g/mol. The van der Waals surface area contributed by atoms with Gasteiger partial charge in [0.1, 0.15) is 0 Å². The normalized spacial score (nSPS) is 10.7. The smallest absolute Gasteiger partial charge is 0.257 e. The van der Waals surface area contributed by atoms with Crippen LogP contribution in [-0.4, -0.2) is 16.1 Å². The highest BCUT2D eigenvalue weighted by molar-refractivity contribution is 6.31. The zero-order valence-corrected chi connectivity index (χ0v) is 15.3. The summed E-state index contributed by atoms with van der Waals surface area (Å²) >= 11 is 6.16. The fourth-order valence-electron chi connectivity index (χ4n) is 2.98. The van der Waals surface area contributed by atoms with E-state index in [0.717, 1.165) is 22.3 Å². The van der Waals surface area contributed by atoms with Crippen LogP contribution in [0.15, 0.2) is 66.9 Å². The van der Waals surface area contributed by atoms with Crippen LogP contribution in [0.5, 0.6) is 0 Å². The number of fused-ring (bicyclic) bond motifs is 1. The van der Waals surface area contributed by atoms with E-state index < -0.39 is 0 Å². The predicted octanol–water partition coefficient (Wildman–Crippen LogP) is 5.52. The Morgan fingerprint density at radius 3 is 2.67 bits per heavy atom. The molecule has 0 aliphatic carbocycles. The molecule has 0 saturated carbocycles. The lowest BCUT2D eigenvalue weighted by atomic mass is 10.1. The van der Waals surface area contributed by atoms with Crippen LogP contribution < -0.4 is 10.6 Å². The summed E-state index contributed by atoms with van der Waals surface area (Å²) < 4.78 is 0. The first-order valence-electron chi connectivity index (χ1n) is 8.47. The van der Waals surface area contributed by atoms with Crippen molar-refractivity contribution in [2.45, 2.75) is 6.92 Å². The molecule has 0 radical (unpaired) electrons. The number of nitrogens with one attached hydrogen (secondary N) is 3. The van der Waals surface area contributed by atoms with Crippen molar-refractivity contribution in [1.82, 2.24) is 10.2 Å². The molecule has 0 bridgehead atoms. The van der Waals surface area contributed by atoms with E-state index in [1.807, 2.05) is 55.5 Å². The van der Waals surface area contributed by atoms with Crippen LogP contribution in [0.1, 0.15) is 15.9 Å². The highest BCUT2D eigenvalue weighted by atomic mass is 35.5. The van der Waals surface area contributed by atoms with E-state index in [1.165, 1.54) is 0 Å². The molecule has 1 amide bonds. The zero-order valence-electron chi connectivity index (χ0n) is 14.6. The van der Waals surface area contributed by atoms with Crippen molar-refractivity contribution in [1.29, 1.82) is 0 Å². The predicted molar refractivity (Wildman–Crippen MR) is 110 cm³/mol. The van der Waals surface area contributed by atoms with Gasteiger partial charge >= 0.3 is 0 Å². The molecule has 6 heteroatoms. The van der Waals surface area contributed by atoms with E-state index in [9.17, 15) is 4.79 Å². The molecule has 3 N–H and O–H groups in total. The Hall–Kier alpha value is -3.31. The van der Waals surface area contributed by atoms with Crippen molar-refractivity contribution in [3.05, 3.63) is 83.0 Å². The van der Waals surface area contributed by atoms with Gasteiger partial charge in [0.2, 0.25) is 0 Å². The van der Waals surface area contributed by atoms with Crippen LogP contribution in [0.2, 0.25) is 5.02 Å². The second-order valence-electron chi connectivity index (χ2n) is 6.28. The minimum absolute atomic E-state index is 0.230. The van der Waals surface area contributed by atoms with E-state index in [2.05, 4.69) is 20.8 Å². The minimum atomic E-state index is -0.230. The number of nitrogens with zero attached hydrogens (tertiary/aromatic N) is 1. The van der Waals surface area contributed by atoms with Gasteiger partial charge in [0.05, 0.1) is 28.7 Å². The molecule has 0 aliphatic heterocycles. The summed E-state index contributed by atoms with van der Waals surface area (Å²) in [6.07, 6.45) is 1.71. The zero-order chi connectivity index (χ0) is 18.8. The van der Waals surface area contributed by atoms with Crippen molar-refractivity contribution in [2.24, 2.45) is 0 Å². The number of aryl methyl sites for hydroxylation is 1. The maximum Gasteiger partial charge on any atom is 0.257 e. The first-order valence-corrected chi connectivity index (χ1v) is 8.84. The van der Waals surface area contributed by atoms with Crippen molar-refractivity contribution < 1.29 is 4.79 Å². The van der Waals surface area contributed by atoms with Gasteiger partial charge in [-0.2, -0.15) is 5.10 Å². The molecule has 1 aromatic heterocycles. The van der Waals surface area contributed by atoms with Gasteiger partial charge in [-0.1, -0.05) is 29.8 Å². The molecule has 3 aromatic carbocycles. The van der Waals surface area contributed by atoms with Crippen molar-refractivity contribution in [3.8, 4) is 0 Å². The summed E-state index contributed by atoms with van der Waals surface area (Å²) in [6, 6.07) is 18.9. The van der Waals surface area contributed by atoms with Gasteiger partial charge in [-0.25, -0.2) is 0 Å². The monoisotopic (exact) mass is 376 g/mol. The van der Waals surface area contributed by atoms with E-state index in [0.29, 0.717) is 21.8 Å². The number of amides is 1.